The molecule has 0 atom stereocenters. The average molecular weight is 917 g/mol. The molecule has 0 spiro atoms. The zero-order chi connectivity index (χ0) is 48.8. The number of aromatic nitrogens is 1. The molecule has 12 rings (SSSR count). The van der Waals surface area contributed by atoms with Crippen molar-refractivity contribution in [1.82, 2.24) is 4.57 Å². The lowest BCUT2D eigenvalue weighted by molar-refractivity contribution is 0.590. The SMILES string of the molecule is CC(C)(C)c1cc(-c2ccc3ccc(C(C)(C)C)cc3c2)cc(-n2c3ccccc3c3cc(-c4ccc(N(c5ccc(-c6ccccc6)cc5)c5ccc6c(c5)C(C)(C)c5ccccc5-6)cc4)ccc32)c1. The quantitative estimate of drug-likeness (QED) is 0.155. The first-order valence-corrected chi connectivity index (χ1v) is 25.2. The number of hydrogen-bond donors (Lipinski definition) is 0. The Morgan fingerprint density at radius 1 is 0.352 bits per heavy atom. The van der Waals surface area contributed by atoms with E-state index < -0.39 is 0 Å². The molecular weight excluding hydrogens is 857 g/mol. The number of hydrogen-bond acceptors (Lipinski definition) is 1. The summed E-state index contributed by atoms with van der Waals surface area (Å²) in [5, 5.41) is 5.03. The van der Waals surface area contributed by atoms with Crippen LogP contribution in [0.1, 0.15) is 77.6 Å². The van der Waals surface area contributed by atoms with E-state index in [0.29, 0.717) is 0 Å². The summed E-state index contributed by atoms with van der Waals surface area (Å²) in [5.41, 5.74) is 22.2. The minimum Gasteiger partial charge on any atom is -0.310 e. The third-order valence-electron chi connectivity index (χ3n) is 15.3. The van der Waals surface area contributed by atoms with E-state index in [0.717, 1.165) is 17.1 Å². The molecule has 1 heterocycles. The summed E-state index contributed by atoms with van der Waals surface area (Å²) >= 11 is 0. The van der Waals surface area contributed by atoms with Gasteiger partial charge in [-0.05, 0) is 161 Å². The van der Waals surface area contributed by atoms with Gasteiger partial charge in [0.25, 0.3) is 0 Å². The van der Waals surface area contributed by atoms with Gasteiger partial charge in [0, 0.05) is 38.9 Å². The fraction of sp³-hybridized carbons (Fsp3) is 0.159. The molecule has 346 valence electrons. The van der Waals surface area contributed by atoms with Gasteiger partial charge in [-0.3, -0.25) is 0 Å². The van der Waals surface area contributed by atoms with Crippen LogP contribution in [0.3, 0.4) is 0 Å². The molecule has 0 aliphatic heterocycles. The Hall–Kier alpha value is -7.94. The summed E-state index contributed by atoms with van der Waals surface area (Å²) in [6, 6.07) is 81.8. The van der Waals surface area contributed by atoms with E-state index in [2.05, 4.69) is 283 Å². The molecule has 0 unspecified atom stereocenters. The van der Waals surface area contributed by atoms with Crippen molar-refractivity contribution in [1.29, 1.82) is 0 Å². The van der Waals surface area contributed by atoms with Crippen LogP contribution >= 0.6 is 0 Å². The Morgan fingerprint density at radius 3 is 1.65 bits per heavy atom. The van der Waals surface area contributed by atoms with Crippen LogP contribution in [-0.4, -0.2) is 4.57 Å². The van der Waals surface area contributed by atoms with Gasteiger partial charge in [-0.25, -0.2) is 0 Å². The van der Waals surface area contributed by atoms with Gasteiger partial charge in [0.2, 0.25) is 0 Å². The van der Waals surface area contributed by atoms with E-state index in [1.807, 2.05) is 0 Å². The number of rotatable bonds is 7. The third-order valence-corrected chi connectivity index (χ3v) is 15.3. The van der Waals surface area contributed by atoms with Crippen LogP contribution in [0.5, 0.6) is 0 Å². The topological polar surface area (TPSA) is 8.17 Å². The van der Waals surface area contributed by atoms with Gasteiger partial charge in [-0.2, -0.15) is 0 Å². The second kappa shape index (κ2) is 16.6. The molecule has 71 heavy (non-hydrogen) atoms. The summed E-state index contributed by atoms with van der Waals surface area (Å²) in [7, 11) is 0. The molecule has 0 N–H and O–H groups in total. The average Bonchev–Trinajstić information content (AvgIpc) is 3.83. The molecule has 0 fully saturated rings. The Balaban J connectivity index is 0.942. The smallest absolute Gasteiger partial charge is 0.0541 e. The second-order valence-electron chi connectivity index (χ2n) is 22.3. The lowest BCUT2D eigenvalue weighted by Crippen LogP contribution is -2.16. The molecule has 0 saturated carbocycles. The maximum atomic E-state index is 2.48. The zero-order valence-electron chi connectivity index (χ0n) is 42.2. The number of para-hydroxylation sites is 1. The van der Waals surface area contributed by atoms with Crippen LogP contribution in [0.25, 0.3) is 82.8 Å². The van der Waals surface area contributed by atoms with Crippen molar-refractivity contribution in [2.45, 2.75) is 71.6 Å². The lowest BCUT2D eigenvalue weighted by atomic mass is 9.82. The fourth-order valence-corrected chi connectivity index (χ4v) is 11.2. The minimum atomic E-state index is -0.109. The van der Waals surface area contributed by atoms with Gasteiger partial charge < -0.3 is 9.47 Å². The van der Waals surface area contributed by atoms with Crippen LogP contribution in [0.2, 0.25) is 0 Å². The summed E-state index contributed by atoms with van der Waals surface area (Å²) < 4.78 is 2.48. The van der Waals surface area contributed by atoms with Crippen molar-refractivity contribution in [3.8, 4) is 50.2 Å². The summed E-state index contributed by atoms with van der Waals surface area (Å²) in [5.74, 6) is 0. The highest BCUT2D eigenvalue weighted by molar-refractivity contribution is 6.10. The first-order valence-electron chi connectivity index (χ1n) is 25.2. The fourth-order valence-electron chi connectivity index (χ4n) is 11.2. The maximum Gasteiger partial charge on any atom is 0.0541 e. The highest BCUT2D eigenvalue weighted by Crippen LogP contribution is 2.51. The first-order chi connectivity index (χ1) is 34.2. The van der Waals surface area contributed by atoms with Gasteiger partial charge in [0.15, 0.2) is 0 Å². The predicted octanol–water partition coefficient (Wildman–Crippen LogP) is 19.3. The molecule has 10 aromatic carbocycles. The molecule has 1 aromatic heterocycles. The van der Waals surface area contributed by atoms with E-state index >= 15 is 0 Å². The molecule has 0 amide bonds. The molecular formula is C69H60N2. The molecule has 2 nitrogen and oxygen atoms in total. The van der Waals surface area contributed by atoms with Crippen LogP contribution < -0.4 is 4.90 Å². The normalized spacial score (nSPS) is 13.2. The second-order valence-corrected chi connectivity index (χ2v) is 22.3. The van der Waals surface area contributed by atoms with Crippen molar-refractivity contribution in [3.63, 3.8) is 0 Å². The molecule has 1 aliphatic rings. The summed E-state index contributed by atoms with van der Waals surface area (Å²) in [4.78, 5) is 2.41. The van der Waals surface area contributed by atoms with Crippen LogP contribution in [-0.2, 0) is 16.2 Å². The zero-order valence-corrected chi connectivity index (χ0v) is 42.2. The highest BCUT2D eigenvalue weighted by atomic mass is 15.1. The highest BCUT2D eigenvalue weighted by Gasteiger charge is 2.36. The largest absolute Gasteiger partial charge is 0.310 e. The Bertz CT molecular complexity index is 3830. The molecule has 0 saturated heterocycles. The first kappa shape index (κ1) is 44.3. The Labute approximate surface area is 419 Å². The van der Waals surface area contributed by atoms with Crippen molar-refractivity contribution in [2.24, 2.45) is 0 Å². The number of fused-ring (bicyclic) bond motifs is 7. The Kier molecular flexibility index (Phi) is 10.4. The molecule has 0 radical (unpaired) electrons. The molecule has 0 bridgehead atoms. The minimum absolute atomic E-state index is 0.0523. The number of benzene rings is 10. The van der Waals surface area contributed by atoms with Gasteiger partial charge in [0.1, 0.15) is 0 Å². The van der Waals surface area contributed by atoms with Crippen molar-refractivity contribution in [3.05, 3.63) is 241 Å². The van der Waals surface area contributed by atoms with Crippen LogP contribution in [0.15, 0.2) is 218 Å². The van der Waals surface area contributed by atoms with Crippen LogP contribution in [0, 0.1) is 0 Å². The van der Waals surface area contributed by atoms with Crippen molar-refractivity contribution >= 4 is 49.6 Å². The van der Waals surface area contributed by atoms with E-state index in [-0.39, 0.29) is 16.2 Å². The van der Waals surface area contributed by atoms with Gasteiger partial charge in [0.05, 0.1) is 11.0 Å². The van der Waals surface area contributed by atoms with Gasteiger partial charge in [-0.1, -0.05) is 201 Å². The van der Waals surface area contributed by atoms with Crippen molar-refractivity contribution < 1.29 is 0 Å². The van der Waals surface area contributed by atoms with Crippen LogP contribution in [0.4, 0.5) is 17.1 Å². The van der Waals surface area contributed by atoms with Gasteiger partial charge in [-0.15, -0.1) is 0 Å². The standard InChI is InChI=1S/C69H60N2/c1-67(2,3)53-30-24-48-22-23-49(38-51(48)39-53)52-40-54(68(4,5)6)43-58(41-52)71-65-21-15-13-19-61(65)62-42-50(29-37-66(62)71)47-27-33-56(34-28-47)70(55-31-25-46(26-32-55)45-16-10-9-11-17-45)57-35-36-60-59-18-12-14-20-63(59)69(7,8)64(60)44-57/h9-44H,1-8H3. The predicted molar refractivity (Wildman–Crippen MR) is 304 cm³/mol. The lowest BCUT2D eigenvalue weighted by Gasteiger charge is -2.28. The maximum absolute atomic E-state index is 2.48. The Morgan fingerprint density at radius 2 is 0.915 bits per heavy atom. The molecule has 1 aliphatic carbocycles. The van der Waals surface area contributed by atoms with Gasteiger partial charge >= 0.3 is 0 Å². The molecule has 2 heteroatoms. The third kappa shape index (κ3) is 7.74. The molecule has 11 aromatic rings. The summed E-state index contributed by atoms with van der Waals surface area (Å²) in [6.45, 7) is 18.6. The van der Waals surface area contributed by atoms with Crippen molar-refractivity contribution in [2.75, 3.05) is 4.90 Å². The number of anilines is 3. The van der Waals surface area contributed by atoms with E-state index in [1.165, 1.54) is 105 Å². The summed E-state index contributed by atoms with van der Waals surface area (Å²) in [6.07, 6.45) is 0. The number of nitrogens with zero attached hydrogens (tertiary/aromatic N) is 2. The van der Waals surface area contributed by atoms with E-state index in [9.17, 15) is 0 Å². The monoisotopic (exact) mass is 916 g/mol. The van der Waals surface area contributed by atoms with E-state index in [1.54, 1.807) is 0 Å². The van der Waals surface area contributed by atoms with E-state index in [4.69, 9.17) is 0 Å².